The molecule has 0 aliphatic carbocycles. The van der Waals surface area contributed by atoms with Gasteiger partial charge in [0.1, 0.15) is 0 Å². The second kappa shape index (κ2) is 26.2. The molecule has 6 aromatic carbocycles. The number of rotatable bonds is 28. The van der Waals surface area contributed by atoms with Gasteiger partial charge in [0.05, 0.1) is 9.79 Å². The summed E-state index contributed by atoms with van der Waals surface area (Å²) in [5.74, 6) is 0. The second-order valence-electron chi connectivity index (χ2n) is 17.8. The molecule has 0 saturated heterocycles. The highest BCUT2D eigenvalue weighted by atomic mass is 32.2. The average molecular weight is 859 g/mol. The van der Waals surface area contributed by atoms with Crippen molar-refractivity contribution in [2.24, 2.45) is 0 Å². The quantitative estimate of drug-likeness (QED) is 0.0461. The molecule has 0 saturated carbocycles. The third-order valence-corrected chi connectivity index (χ3v) is 14.8. The Morgan fingerprint density at radius 1 is 0.286 bits per heavy atom. The predicted molar refractivity (Wildman–Crippen MR) is 271 cm³/mol. The van der Waals surface area contributed by atoms with Gasteiger partial charge < -0.3 is 0 Å². The number of sulfone groups is 1. The zero-order valence-electron chi connectivity index (χ0n) is 38.6. The van der Waals surface area contributed by atoms with E-state index in [0.717, 1.165) is 70.2 Å². The first-order chi connectivity index (χ1) is 31.0. The number of hydrogen-bond acceptors (Lipinski definition) is 2. The van der Waals surface area contributed by atoms with Crippen molar-refractivity contribution in [2.75, 3.05) is 0 Å². The van der Waals surface area contributed by atoms with Gasteiger partial charge in [0.25, 0.3) is 0 Å². The van der Waals surface area contributed by atoms with Gasteiger partial charge >= 0.3 is 0 Å². The van der Waals surface area contributed by atoms with Crippen LogP contribution in [0.4, 0.5) is 0 Å². The van der Waals surface area contributed by atoms with Gasteiger partial charge in [-0.3, -0.25) is 0 Å². The number of unbranched alkanes of at least 4 members (excludes halogenated alkanes) is 18. The topological polar surface area (TPSA) is 34.1 Å². The first-order valence-corrected chi connectivity index (χ1v) is 26.3. The van der Waals surface area contributed by atoms with Crippen molar-refractivity contribution >= 4 is 9.84 Å². The Labute approximate surface area is 382 Å². The Morgan fingerprint density at radius 3 is 0.825 bits per heavy atom. The largest absolute Gasteiger partial charge is 0.218 e. The molecule has 0 bridgehead atoms. The lowest BCUT2D eigenvalue weighted by Gasteiger charge is -2.23. The van der Waals surface area contributed by atoms with Crippen molar-refractivity contribution in [2.45, 2.75) is 165 Å². The SMILES string of the molecule is CCCCCCCCCCCCc1ccc(S(=O)(=O)c2ccc(CCCCCCCCCCCC)c(-c3ccccc3)c2-c2ccccc2)c(-c2ccccc2)c1-c1ccccc1. The summed E-state index contributed by atoms with van der Waals surface area (Å²) in [7, 11) is -4.08. The van der Waals surface area contributed by atoms with Gasteiger partial charge in [-0.05, 0) is 82.3 Å². The molecule has 6 aromatic rings. The summed E-state index contributed by atoms with van der Waals surface area (Å²) >= 11 is 0. The minimum atomic E-state index is -4.08. The molecule has 2 nitrogen and oxygen atoms in total. The van der Waals surface area contributed by atoms with Crippen molar-refractivity contribution in [1.82, 2.24) is 0 Å². The van der Waals surface area contributed by atoms with Crippen LogP contribution >= 0.6 is 0 Å². The molecule has 0 radical (unpaired) electrons. The second-order valence-corrected chi connectivity index (χ2v) is 19.7. The normalized spacial score (nSPS) is 11.6. The molecule has 0 aliphatic rings. The van der Waals surface area contributed by atoms with E-state index >= 15 is 8.42 Å². The standard InChI is InChI=1S/C60H74O2S/c1-3-5-7-9-11-13-15-17-19-25-43-53-45-47-55(59(51-39-31-23-32-40-51)57(53)49-35-27-21-28-36-49)63(61,62)56-48-46-54(44-26-20-18-16-14-12-10-8-6-4-2)58(50-37-29-22-30-38-50)60(56)52-41-33-24-34-42-52/h21-24,27-42,45-48H,3-20,25-26,43-44H2,1-2H3. The van der Waals surface area contributed by atoms with Crippen LogP contribution in [0.15, 0.2) is 155 Å². The van der Waals surface area contributed by atoms with Crippen LogP contribution in [0.2, 0.25) is 0 Å². The zero-order valence-corrected chi connectivity index (χ0v) is 39.5. The lowest BCUT2D eigenvalue weighted by Crippen LogP contribution is -2.10. The van der Waals surface area contributed by atoms with E-state index in [9.17, 15) is 0 Å². The van der Waals surface area contributed by atoms with E-state index in [4.69, 9.17) is 0 Å². The minimum absolute atomic E-state index is 0.359. The number of benzene rings is 6. The van der Waals surface area contributed by atoms with Gasteiger partial charge in [-0.25, -0.2) is 8.42 Å². The molecular weight excluding hydrogens is 785 g/mol. The van der Waals surface area contributed by atoms with E-state index in [1.54, 1.807) is 0 Å². The van der Waals surface area contributed by atoms with Crippen LogP contribution in [-0.4, -0.2) is 8.42 Å². The fourth-order valence-electron chi connectivity index (χ4n) is 9.49. The zero-order chi connectivity index (χ0) is 44.0. The van der Waals surface area contributed by atoms with Gasteiger partial charge in [-0.2, -0.15) is 0 Å². The van der Waals surface area contributed by atoms with Crippen LogP contribution in [0, 0.1) is 0 Å². The van der Waals surface area contributed by atoms with E-state index < -0.39 is 9.84 Å². The fourth-order valence-corrected chi connectivity index (χ4v) is 11.2. The van der Waals surface area contributed by atoms with Crippen molar-refractivity contribution in [1.29, 1.82) is 0 Å². The average Bonchev–Trinajstić information content (AvgIpc) is 3.33. The summed E-state index contributed by atoms with van der Waals surface area (Å²) in [5, 5.41) is 0. The van der Waals surface area contributed by atoms with Crippen molar-refractivity contribution in [3.63, 3.8) is 0 Å². The summed E-state index contributed by atoms with van der Waals surface area (Å²) in [6.07, 6.45) is 27.4. The van der Waals surface area contributed by atoms with Gasteiger partial charge in [-0.1, -0.05) is 263 Å². The lowest BCUT2D eigenvalue weighted by atomic mass is 9.88. The highest BCUT2D eigenvalue weighted by Gasteiger charge is 2.31. The third-order valence-electron chi connectivity index (χ3n) is 12.9. The first kappa shape index (κ1) is 47.7. The van der Waals surface area contributed by atoms with E-state index in [0.29, 0.717) is 9.79 Å². The monoisotopic (exact) mass is 859 g/mol. The van der Waals surface area contributed by atoms with E-state index in [1.807, 2.05) is 60.7 Å². The minimum Gasteiger partial charge on any atom is -0.218 e. The van der Waals surface area contributed by atoms with Crippen LogP contribution in [0.25, 0.3) is 44.5 Å². The molecule has 0 aromatic heterocycles. The summed E-state index contributed by atoms with van der Waals surface area (Å²) in [6, 6.07) is 49.5. The molecule has 0 N–H and O–H groups in total. The molecule has 6 rings (SSSR count). The van der Waals surface area contributed by atoms with E-state index in [-0.39, 0.29) is 0 Å². The molecule has 0 spiro atoms. The van der Waals surface area contributed by atoms with Crippen molar-refractivity contribution < 1.29 is 8.42 Å². The Balaban J connectivity index is 1.39. The molecule has 332 valence electrons. The summed E-state index contributed by atoms with van der Waals surface area (Å²) in [4.78, 5) is 0.719. The summed E-state index contributed by atoms with van der Waals surface area (Å²) in [5.41, 5.74) is 10.00. The maximum Gasteiger partial charge on any atom is 0.207 e. The van der Waals surface area contributed by atoms with Gasteiger partial charge in [0.2, 0.25) is 9.84 Å². The van der Waals surface area contributed by atoms with Crippen LogP contribution in [0.5, 0.6) is 0 Å². The summed E-state index contributed by atoms with van der Waals surface area (Å²) in [6.45, 7) is 4.56. The molecule has 3 heteroatoms. The van der Waals surface area contributed by atoms with E-state index in [2.05, 4.69) is 98.8 Å². The Hall–Kier alpha value is -4.73. The molecule has 0 aliphatic heterocycles. The van der Waals surface area contributed by atoms with Gasteiger partial charge in [-0.15, -0.1) is 0 Å². The molecule has 63 heavy (non-hydrogen) atoms. The Bertz CT molecular complexity index is 2150. The lowest BCUT2D eigenvalue weighted by molar-refractivity contribution is 0.556. The molecule has 0 heterocycles. The maximum absolute atomic E-state index is 15.9. The maximum atomic E-state index is 15.9. The van der Waals surface area contributed by atoms with Crippen LogP contribution in [0.3, 0.4) is 0 Å². The molecule has 0 atom stereocenters. The number of aryl methyl sites for hydroxylation is 2. The van der Waals surface area contributed by atoms with Crippen LogP contribution in [0.1, 0.15) is 153 Å². The van der Waals surface area contributed by atoms with Crippen LogP contribution < -0.4 is 0 Å². The van der Waals surface area contributed by atoms with Crippen molar-refractivity contribution in [3.8, 4) is 44.5 Å². The fraction of sp³-hybridized carbons (Fsp3) is 0.400. The highest BCUT2D eigenvalue weighted by Crippen LogP contribution is 2.46. The van der Waals surface area contributed by atoms with E-state index in [1.165, 1.54) is 127 Å². The molecular formula is C60H74O2S. The molecule has 0 fully saturated rings. The Kier molecular flexibility index (Phi) is 19.8. The number of hydrogen-bond donors (Lipinski definition) is 0. The molecule has 0 amide bonds. The van der Waals surface area contributed by atoms with Crippen molar-refractivity contribution in [3.05, 3.63) is 157 Å². The summed E-state index contributed by atoms with van der Waals surface area (Å²) < 4.78 is 31.8. The van der Waals surface area contributed by atoms with Gasteiger partial charge in [0.15, 0.2) is 0 Å². The first-order valence-electron chi connectivity index (χ1n) is 24.8. The van der Waals surface area contributed by atoms with Crippen LogP contribution in [-0.2, 0) is 22.7 Å². The third kappa shape index (κ3) is 13.6. The highest BCUT2D eigenvalue weighted by molar-refractivity contribution is 7.91. The Morgan fingerprint density at radius 2 is 0.540 bits per heavy atom. The smallest absolute Gasteiger partial charge is 0.207 e. The van der Waals surface area contributed by atoms with Gasteiger partial charge in [0, 0.05) is 11.1 Å². The predicted octanol–water partition coefficient (Wildman–Crippen LogP) is 18.1. The molecule has 0 unspecified atom stereocenters.